The number of hydrogen-bond acceptors (Lipinski definition) is 4. The minimum atomic E-state index is -0.212. The quantitative estimate of drug-likeness (QED) is 0.419. The molecule has 1 heterocycles. The number of hydrogen-bond donors (Lipinski definition) is 1. The van der Waals surface area contributed by atoms with Crippen molar-refractivity contribution in [1.82, 2.24) is 10.3 Å². The van der Waals surface area contributed by atoms with Crippen LogP contribution < -0.4 is 10.3 Å². The Labute approximate surface area is 191 Å². The summed E-state index contributed by atoms with van der Waals surface area (Å²) in [6.07, 6.45) is 1.63. The van der Waals surface area contributed by atoms with Crippen molar-refractivity contribution in [2.75, 3.05) is 31.1 Å². The number of amides is 1. The molecule has 1 aliphatic rings. The molecule has 0 aromatic heterocycles. The van der Waals surface area contributed by atoms with Crippen molar-refractivity contribution < 1.29 is 4.79 Å². The van der Waals surface area contributed by atoms with Gasteiger partial charge in [-0.15, -0.1) is 0 Å². The topological polar surface area (TPSA) is 47.9 Å². The summed E-state index contributed by atoms with van der Waals surface area (Å²) in [4.78, 5) is 17.2. The zero-order chi connectivity index (χ0) is 21.5. The zero-order valence-electron chi connectivity index (χ0n) is 17.2. The molecular weight excluding hydrogens is 452 g/mol. The van der Waals surface area contributed by atoms with Gasteiger partial charge in [0.05, 0.1) is 6.21 Å². The Kier molecular flexibility index (Phi) is 7.12. The first-order valence-corrected chi connectivity index (χ1v) is 11.2. The number of halogens is 1. The second-order valence-corrected chi connectivity index (χ2v) is 8.46. The molecule has 3 aromatic rings. The van der Waals surface area contributed by atoms with E-state index in [1.807, 2.05) is 48.5 Å². The molecular formula is C25H25BrN4O. The summed E-state index contributed by atoms with van der Waals surface area (Å²) in [5.41, 5.74) is 6.61. The van der Waals surface area contributed by atoms with Crippen LogP contribution in [0.1, 0.15) is 21.5 Å². The van der Waals surface area contributed by atoms with Crippen LogP contribution in [-0.4, -0.2) is 43.2 Å². The fraction of sp³-hybridized carbons (Fsp3) is 0.200. The number of benzene rings is 3. The zero-order valence-corrected chi connectivity index (χ0v) is 18.8. The van der Waals surface area contributed by atoms with Crippen molar-refractivity contribution in [1.29, 1.82) is 0 Å². The number of anilines is 1. The van der Waals surface area contributed by atoms with Crippen LogP contribution in [-0.2, 0) is 6.54 Å². The normalized spacial score (nSPS) is 14.7. The molecule has 0 spiro atoms. The summed E-state index contributed by atoms with van der Waals surface area (Å²) >= 11 is 3.40. The minimum absolute atomic E-state index is 0.212. The van der Waals surface area contributed by atoms with E-state index in [2.05, 4.69) is 66.6 Å². The lowest BCUT2D eigenvalue weighted by Crippen LogP contribution is -2.45. The Hall–Kier alpha value is -2.96. The van der Waals surface area contributed by atoms with Gasteiger partial charge in [0.2, 0.25) is 0 Å². The average molecular weight is 477 g/mol. The van der Waals surface area contributed by atoms with Crippen LogP contribution in [0.15, 0.2) is 88.4 Å². The standard InChI is InChI=1S/C25H25BrN4O/c26-23-12-8-20(9-13-23)18-27-28-25(31)22-10-6-21(7-11-22)19-29-14-16-30(17-15-29)24-4-2-1-3-5-24/h1-13,18H,14-17,19H2,(H,28,31). The van der Waals surface area contributed by atoms with E-state index < -0.39 is 0 Å². The number of carbonyl (C=O) groups is 1. The number of piperazine rings is 1. The number of para-hydroxylation sites is 1. The molecule has 1 amide bonds. The van der Waals surface area contributed by atoms with Crippen LogP contribution in [0.5, 0.6) is 0 Å². The molecule has 4 rings (SSSR count). The van der Waals surface area contributed by atoms with Gasteiger partial charge in [-0.1, -0.05) is 58.4 Å². The SMILES string of the molecule is O=C(NN=Cc1ccc(Br)cc1)c1ccc(CN2CCN(c3ccccc3)CC2)cc1. The maximum atomic E-state index is 12.3. The summed E-state index contributed by atoms with van der Waals surface area (Å²) in [7, 11) is 0. The number of nitrogens with one attached hydrogen (secondary N) is 1. The second kappa shape index (κ2) is 10.4. The lowest BCUT2D eigenvalue weighted by molar-refractivity contribution is 0.0955. The van der Waals surface area contributed by atoms with E-state index in [4.69, 9.17) is 0 Å². The molecule has 1 fully saturated rings. The van der Waals surface area contributed by atoms with Gasteiger partial charge in [-0.25, -0.2) is 5.43 Å². The fourth-order valence-electron chi connectivity index (χ4n) is 3.60. The lowest BCUT2D eigenvalue weighted by Gasteiger charge is -2.36. The third-order valence-corrected chi connectivity index (χ3v) is 5.89. The molecule has 5 nitrogen and oxygen atoms in total. The Morgan fingerprint density at radius 2 is 1.58 bits per heavy atom. The van der Waals surface area contributed by atoms with Crippen LogP contribution >= 0.6 is 15.9 Å². The second-order valence-electron chi connectivity index (χ2n) is 7.55. The Morgan fingerprint density at radius 3 is 2.26 bits per heavy atom. The molecule has 0 radical (unpaired) electrons. The molecule has 1 saturated heterocycles. The molecule has 0 saturated carbocycles. The van der Waals surface area contributed by atoms with Crippen molar-refractivity contribution in [3.8, 4) is 0 Å². The van der Waals surface area contributed by atoms with Gasteiger partial charge in [0.15, 0.2) is 0 Å². The molecule has 0 bridgehead atoms. The van der Waals surface area contributed by atoms with E-state index in [-0.39, 0.29) is 5.91 Å². The van der Waals surface area contributed by atoms with Gasteiger partial charge >= 0.3 is 0 Å². The number of hydrazone groups is 1. The maximum Gasteiger partial charge on any atom is 0.271 e. The summed E-state index contributed by atoms with van der Waals surface area (Å²) in [5.74, 6) is -0.212. The highest BCUT2D eigenvalue weighted by atomic mass is 79.9. The minimum Gasteiger partial charge on any atom is -0.369 e. The fourth-order valence-corrected chi connectivity index (χ4v) is 3.87. The van der Waals surface area contributed by atoms with E-state index in [0.29, 0.717) is 5.56 Å². The summed E-state index contributed by atoms with van der Waals surface area (Å²) in [6, 6.07) is 26.1. The Morgan fingerprint density at radius 1 is 0.903 bits per heavy atom. The summed E-state index contributed by atoms with van der Waals surface area (Å²) in [5, 5.41) is 4.04. The average Bonchev–Trinajstić information content (AvgIpc) is 2.82. The molecule has 6 heteroatoms. The van der Waals surface area contributed by atoms with E-state index in [9.17, 15) is 4.79 Å². The van der Waals surface area contributed by atoms with Crippen molar-refractivity contribution in [3.63, 3.8) is 0 Å². The number of nitrogens with zero attached hydrogens (tertiary/aromatic N) is 3. The van der Waals surface area contributed by atoms with Gasteiger partial charge in [0.1, 0.15) is 0 Å². The van der Waals surface area contributed by atoms with E-state index in [1.54, 1.807) is 6.21 Å². The molecule has 0 aliphatic carbocycles. The van der Waals surface area contributed by atoms with Crippen molar-refractivity contribution in [2.45, 2.75) is 6.54 Å². The van der Waals surface area contributed by atoms with Gasteiger partial charge in [-0.05, 0) is 47.5 Å². The molecule has 1 aliphatic heterocycles. The molecule has 3 aromatic carbocycles. The van der Waals surface area contributed by atoms with Crippen LogP contribution in [0, 0.1) is 0 Å². The first-order valence-electron chi connectivity index (χ1n) is 10.4. The highest BCUT2D eigenvalue weighted by molar-refractivity contribution is 9.10. The molecule has 0 atom stereocenters. The summed E-state index contributed by atoms with van der Waals surface area (Å²) in [6.45, 7) is 5.01. The molecule has 1 N–H and O–H groups in total. The van der Waals surface area contributed by atoms with E-state index >= 15 is 0 Å². The third-order valence-electron chi connectivity index (χ3n) is 5.37. The van der Waals surface area contributed by atoms with Gasteiger partial charge in [-0.3, -0.25) is 9.69 Å². The predicted molar refractivity (Wildman–Crippen MR) is 130 cm³/mol. The largest absolute Gasteiger partial charge is 0.369 e. The van der Waals surface area contributed by atoms with E-state index in [1.165, 1.54) is 11.3 Å². The van der Waals surface area contributed by atoms with Crippen LogP contribution in [0.25, 0.3) is 0 Å². The van der Waals surface area contributed by atoms with Crippen molar-refractivity contribution in [2.24, 2.45) is 5.10 Å². The van der Waals surface area contributed by atoms with Crippen LogP contribution in [0.4, 0.5) is 5.69 Å². The van der Waals surface area contributed by atoms with Gasteiger partial charge < -0.3 is 4.90 Å². The predicted octanol–water partition coefficient (Wildman–Crippen LogP) is 4.54. The first kappa shape index (κ1) is 21.3. The van der Waals surface area contributed by atoms with Crippen molar-refractivity contribution in [3.05, 3.63) is 100 Å². The molecule has 158 valence electrons. The monoisotopic (exact) mass is 476 g/mol. The van der Waals surface area contributed by atoms with Crippen LogP contribution in [0.2, 0.25) is 0 Å². The highest BCUT2D eigenvalue weighted by Gasteiger charge is 2.17. The number of rotatable bonds is 6. The van der Waals surface area contributed by atoms with Crippen LogP contribution in [0.3, 0.4) is 0 Å². The highest BCUT2D eigenvalue weighted by Crippen LogP contribution is 2.17. The molecule has 0 unspecified atom stereocenters. The first-order chi connectivity index (χ1) is 15.2. The Bertz CT molecular complexity index is 1010. The maximum absolute atomic E-state index is 12.3. The van der Waals surface area contributed by atoms with E-state index in [0.717, 1.165) is 42.8 Å². The van der Waals surface area contributed by atoms with Gasteiger partial charge in [-0.2, -0.15) is 5.10 Å². The van der Waals surface area contributed by atoms with Crippen molar-refractivity contribution >= 4 is 33.7 Å². The van der Waals surface area contributed by atoms with Gasteiger partial charge in [0, 0.05) is 48.4 Å². The Balaban J connectivity index is 1.25. The molecule has 31 heavy (non-hydrogen) atoms. The lowest BCUT2D eigenvalue weighted by atomic mass is 10.1. The van der Waals surface area contributed by atoms with Gasteiger partial charge in [0.25, 0.3) is 5.91 Å². The third kappa shape index (κ3) is 6.03. The summed E-state index contributed by atoms with van der Waals surface area (Å²) < 4.78 is 1.01. The smallest absolute Gasteiger partial charge is 0.271 e. The number of carbonyl (C=O) groups excluding carboxylic acids is 1.